The number of para-hydroxylation sites is 1. The number of aromatic nitrogens is 1. The van der Waals surface area contributed by atoms with Crippen molar-refractivity contribution in [2.75, 3.05) is 11.9 Å². The summed E-state index contributed by atoms with van der Waals surface area (Å²) in [4.78, 5) is 13.0. The third kappa shape index (κ3) is 4.28. The molecule has 0 atom stereocenters. The number of urea groups is 1. The average Bonchev–Trinajstić information content (AvgIpc) is 3.38. The van der Waals surface area contributed by atoms with Gasteiger partial charge < -0.3 is 15.2 Å². The van der Waals surface area contributed by atoms with Gasteiger partial charge in [0.25, 0.3) is 0 Å². The zero-order chi connectivity index (χ0) is 22.9. The molecule has 1 aromatic heterocycles. The SMILES string of the molecule is CC(C)c1ccc(NC(=O)NCC2(c3cn(C)c4ccccc34)CCCC2)c(C(C)C)c1. The molecular weight excluding hydrogens is 394 g/mol. The number of nitrogens with zero attached hydrogens (tertiary/aromatic N) is 1. The van der Waals surface area contributed by atoms with E-state index in [1.165, 1.54) is 40.4 Å². The Bertz CT molecular complexity index is 1100. The zero-order valence-electron chi connectivity index (χ0n) is 20.2. The highest BCUT2D eigenvalue weighted by Gasteiger charge is 2.38. The molecule has 4 rings (SSSR count). The summed E-state index contributed by atoms with van der Waals surface area (Å²) >= 11 is 0. The maximum atomic E-state index is 13.0. The lowest BCUT2D eigenvalue weighted by Gasteiger charge is -2.29. The first-order valence-electron chi connectivity index (χ1n) is 12.0. The Morgan fingerprint density at radius 2 is 1.75 bits per heavy atom. The molecule has 2 amide bonds. The predicted octanol–water partition coefficient (Wildman–Crippen LogP) is 7.06. The van der Waals surface area contributed by atoms with Crippen LogP contribution >= 0.6 is 0 Å². The van der Waals surface area contributed by atoms with Gasteiger partial charge in [-0.3, -0.25) is 0 Å². The van der Waals surface area contributed by atoms with Gasteiger partial charge in [0.05, 0.1) is 0 Å². The van der Waals surface area contributed by atoms with Crippen LogP contribution in [0.4, 0.5) is 10.5 Å². The second-order valence-corrected chi connectivity index (χ2v) is 10.1. The number of aryl methyl sites for hydroxylation is 1. The van der Waals surface area contributed by atoms with Crippen LogP contribution in [0.25, 0.3) is 10.9 Å². The Morgan fingerprint density at radius 3 is 2.44 bits per heavy atom. The van der Waals surface area contributed by atoms with E-state index in [4.69, 9.17) is 0 Å². The summed E-state index contributed by atoms with van der Waals surface area (Å²) in [5, 5.41) is 7.68. The van der Waals surface area contributed by atoms with Crippen LogP contribution in [0, 0.1) is 0 Å². The predicted molar refractivity (Wildman–Crippen MR) is 135 cm³/mol. The van der Waals surface area contributed by atoms with Crippen LogP contribution in [-0.2, 0) is 12.5 Å². The topological polar surface area (TPSA) is 46.1 Å². The van der Waals surface area contributed by atoms with Crippen LogP contribution in [0.3, 0.4) is 0 Å². The molecule has 1 aliphatic rings. The summed E-state index contributed by atoms with van der Waals surface area (Å²) in [6, 6.07) is 14.9. The normalized spacial score (nSPS) is 15.6. The molecule has 0 aliphatic heterocycles. The number of benzene rings is 2. The summed E-state index contributed by atoms with van der Waals surface area (Å²) in [5.74, 6) is 0.819. The number of fused-ring (bicyclic) bond motifs is 1. The molecule has 0 unspecified atom stereocenters. The molecule has 2 N–H and O–H groups in total. The first kappa shape index (κ1) is 22.4. The van der Waals surface area contributed by atoms with Crippen molar-refractivity contribution in [3.63, 3.8) is 0 Å². The van der Waals surface area contributed by atoms with Crippen molar-refractivity contribution < 1.29 is 4.79 Å². The molecule has 1 fully saturated rings. The first-order chi connectivity index (χ1) is 15.3. The lowest BCUT2D eigenvalue weighted by molar-refractivity contribution is 0.248. The van der Waals surface area contributed by atoms with E-state index >= 15 is 0 Å². The summed E-state index contributed by atoms with van der Waals surface area (Å²) in [6.45, 7) is 9.42. The minimum absolute atomic E-state index is 0.000577. The lowest BCUT2D eigenvalue weighted by atomic mass is 9.78. The fourth-order valence-corrected chi connectivity index (χ4v) is 5.31. The number of anilines is 1. The van der Waals surface area contributed by atoms with E-state index in [2.05, 4.69) is 98.6 Å². The maximum Gasteiger partial charge on any atom is 0.319 e. The maximum absolute atomic E-state index is 13.0. The summed E-state index contributed by atoms with van der Waals surface area (Å²) in [7, 11) is 2.11. The highest BCUT2D eigenvalue weighted by atomic mass is 16.2. The van der Waals surface area contributed by atoms with Crippen LogP contribution in [0.5, 0.6) is 0 Å². The van der Waals surface area contributed by atoms with Crippen LogP contribution in [0.15, 0.2) is 48.7 Å². The van der Waals surface area contributed by atoms with Gasteiger partial charge in [0, 0.05) is 41.8 Å². The van der Waals surface area contributed by atoms with Crippen molar-refractivity contribution >= 4 is 22.6 Å². The molecule has 1 heterocycles. The van der Waals surface area contributed by atoms with Gasteiger partial charge in [-0.15, -0.1) is 0 Å². The lowest BCUT2D eigenvalue weighted by Crippen LogP contribution is -2.41. The van der Waals surface area contributed by atoms with E-state index in [-0.39, 0.29) is 11.4 Å². The number of carbonyl (C=O) groups is 1. The van der Waals surface area contributed by atoms with Gasteiger partial charge in [0.15, 0.2) is 0 Å². The van der Waals surface area contributed by atoms with Gasteiger partial charge in [0.2, 0.25) is 0 Å². The molecule has 170 valence electrons. The Hall–Kier alpha value is -2.75. The second-order valence-electron chi connectivity index (χ2n) is 10.1. The molecule has 2 aromatic carbocycles. The third-order valence-electron chi connectivity index (χ3n) is 7.23. The number of amides is 2. The van der Waals surface area contributed by atoms with E-state index in [1.54, 1.807) is 0 Å². The van der Waals surface area contributed by atoms with E-state index in [9.17, 15) is 4.79 Å². The van der Waals surface area contributed by atoms with Crippen molar-refractivity contribution in [1.82, 2.24) is 9.88 Å². The van der Waals surface area contributed by atoms with E-state index < -0.39 is 0 Å². The Balaban J connectivity index is 1.54. The molecular formula is C28H37N3O. The largest absolute Gasteiger partial charge is 0.350 e. The highest BCUT2D eigenvalue weighted by Crippen LogP contribution is 2.44. The van der Waals surface area contributed by atoms with Crippen LogP contribution in [-0.4, -0.2) is 17.1 Å². The van der Waals surface area contributed by atoms with Crippen molar-refractivity contribution in [2.45, 2.75) is 70.6 Å². The minimum Gasteiger partial charge on any atom is -0.350 e. The van der Waals surface area contributed by atoms with Crippen LogP contribution in [0.1, 0.15) is 81.9 Å². The van der Waals surface area contributed by atoms with E-state index in [0.29, 0.717) is 18.4 Å². The average molecular weight is 432 g/mol. The van der Waals surface area contributed by atoms with Gasteiger partial charge in [-0.1, -0.05) is 70.9 Å². The Morgan fingerprint density at radius 1 is 1.03 bits per heavy atom. The molecule has 0 bridgehead atoms. The molecule has 1 saturated carbocycles. The fourth-order valence-electron chi connectivity index (χ4n) is 5.31. The number of nitrogens with one attached hydrogen (secondary N) is 2. The zero-order valence-corrected chi connectivity index (χ0v) is 20.2. The molecule has 1 aliphatic carbocycles. The van der Waals surface area contributed by atoms with Crippen molar-refractivity contribution in [3.8, 4) is 0 Å². The standard InChI is InChI=1S/C28H37N3O/c1-19(2)21-12-13-25(23(16-21)20(3)4)30-27(32)29-18-28(14-8-9-15-28)24-17-31(5)26-11-7-6-10-22(24)26/h6-7,10-13,16-17,19-20H,8-9,14-15,18H2,1-5H3,(H2,29,30,32). The van der Waals surface area contributed by atoms with Gasteiger partial charge in [-0.05, 0) is 53.5 Å². The molecule has 4 heteroatoms. The number of carbonyl (C=O) groups excluding carboxylic acids is 1. The molecule has 32 heavy (non-hydrogen) atoms. The summed E-state index contributed by atoms with van der Waals surface area (Å²) in [5.41, 5.74) is 6.03. The quantitative estimate of drug-likeness (QED) is 0.431. The third-order valence-corrected chi connectivity index (χ3v) is 7.23. The van der Waals surface area contributed by atoms with Crippen LogP contribution < -0.4 is 10.6 Å². The molecule has 0 radical (unpaired) electrons. The number of rotatable bonds is 6. The van der Waals surface area contributed by atoms with E-state index in [1.807, 2.05) is 0 Å². The van der Waals surface area contributed by atoms with E-state index in [0.717, 1.165) is 18.5 Å². The van der Waals surface area contributed by atoms with Gasteiger partial charge in [0.1, 0.15) is 0 Å². The van der Waals surface area contributed by atoms with Gasteiger partial charge in [-0.25, -0.2) is 4.79 Å². The Labute approximate surface area is 192 Å². The fraction of sp³-hybridized carbons (Fsp3) is 0.464. The summed E-state index contributed by atoms with van der Waals surface area (Å²) < 4.78 is 2.22. The smallest absolute Gasteiger partial charge is 0.319 e. The van der Waals surface area contributed by atoms with Crippen molar-refractivity contribution in [1.29, 1.82) is 0 Å². The minimum atomic E-state index is -0.115. The highest BCUT2D eigenvalue weighted by molar-refractivity contribution is 5.90. The summed E-state index contributed by atoms with van der Waals surface area (Å²) in [6.07, 6.45) is 6.92. The number of hydrogen-bond donors (Lipinski definition) is 2. The van der Waals surface area contributed by atoms with Crippen LogP contribution in [0.2, 0.25) is 0 Å². The van der Waals surface area contributed by atoms with Gasteiger partial charge in [-0.2, -0.15) is 0 Å². The molecule has 0 saturated heterocycles. The number of hydrogen-bond acceptors (Lipinski definition) is 1. The monoisotopic (exact) mass is 431 g/mol. The Kier molecular flexibility index (Phi) is 6.32. The van der Waals surface area contributed by atoms with Gasteiger partial charge >= 0.3 is 6.03 Å². The van der Waals surface area contributed by atoms with Crippen molar-refractivity contribution in [3.05, 3.63) is 65.4 Å². The first-order valence-corrected chi connectivity index (χ1v) is 12.0. The molecule has 0 spiro atoms. The second kappa shape index (κ2) is 9.01. The van der Waals surface area contributed by atoms with Crippen molar-refractivity contribution in [2.24, 2.45) is 7.05 Å². The molecule has 3 aromatic rings. The molecule has 4 nitrogen and oxygen atoms in total.